The van der Waals surface area contributed by atoms with Gasteiger partial charge in [-0.15, -0.1) is 0 Å². The summed E-state index contributed by atoms with van der Waals surface area (Å²) in [6.07, 6.45) is 1.99. The summed E-state index contributed by atoms with van der Waals surface area (Å²) >= 11 is 0. The molecular formula is C28H44O6Si3. The zero-order valence-electron chi connectivity index (χ0n) is 23.3. The lowest BCUT2D eigenvalue weighted by atomic mass is 10.4. The van der Waals surface area contributed by atoms with Crippen molar-refractivity contribution in [2.24, 2.45) is 0 Å². The molecule has 0 bridgehead atoms. The number of hydrogen-bond acceptors (Lipinski definition) is 6. The minimum absolute atomic E-state index is 0.0985. The van der Waals surface area contributed by atoms with Crippen molar-refractivity contribution in [2.45, 2.75) is 89.8 Å². The third kappa shape index (κ3) is 7.93. The van der Waals surface area contributed by atoms with E-state index in [9.17, 15) is 0 Å². The molecule has 2 fully saturated rings. The van der Waals surface area contributed by atoms with Gasteiger partial charge in [0, 0.05) is 13.2 Å². The minimum Gasteiger partial charge on any atom is -0.430 e. The maximum atomic E-state index is 7.41. The third-order valence-corrected chi connectivity index (χ3v) is 18.3. The molecule has 0 radical (unpaired) electrons. The molecule has 2 aromatic rings. The van der Waals surface area contributed by atoms with Gasteiger partial charge in [0.15, 0.2) is 29.2 Å². The molecule has 4 rings (SSSR count). The monoisotopic (exact) mass is 560 g/mol. The molecule has 0 saturated carbocycles. The SMILES string of the molecule is CCCOC1OC1C[Si](C)(C)O[Si](O[Si](C)(C)CC1OC1OCCC)(c1ccccc1)c1ccccc1. The van der Waals surface area contributed by atoms with Crippen LogP contribution in [0.15, 0.2) is 60.7 Å². The lowest BCUT2D eigenvalue weighted by Crippen LogP contribution is -2.70. The summed E-state index contributed by atoms with van der Waals surface area (Å²) < 4.78 is 38.2. The van der Waals surface area contributed by atoms with Gasteiger partial charge in [-0.25, -0.2) is 0 Å². The van der Waals surface area contributed by atoms with E-state index in [1.807, 2.05) is 0 Å². The number of hydrogen-bond donors (Lipinski definition) is 0. The van der Waals surface area contributed by atoms with E-state index in [0.29, 0.717) is 0 Å². The van der Waals surface area contributed by atoms with Crippen LogP contribution >= 0.6 is 0 Å². The van der Waals surface area contributed by atoms with Crippen LogP contribution in [0, 0.1) is 0 Å². The molecule has 2 aliphatic heterocycles. The van der Waals surface area contributed by atoms with E-state index >= 15 is 0 Å². The molecule has 4 atom stereocenters. The second kappa shape index (κ2) is 12.4. The number of ether oxygens (including phenoxy) is 4. The molecular weight excluding hydrogens is 517 g/mol. The van der Waals surface area contributed by atoms with Crippen LogP contribution in [0.4, 0.5) is 0 Å². The van der Waals surface area contributed by atoms with E-state index in [2.05, 4.69) is 101 Å². The average molecular weight is 561 g/mol. The normalized spacial score (nSPS) is 23.7. The quantitative estimate of drug-likeness (QED) is 0.213. The van der Waals surface area contributed by atoms with Crippen LogP contribution in [-0.2, 0) is 27.2 Å². The van der Waals surface area contributed by atoms with Crippen molar-refractivity contribution in [2.75, 3.05) is 13.2 Å². The van der Waals surface area contributed by atoms with E-state index in [1.165, 1.54) is 0 Å². The molecule has 0 aromatic heterocycles. The smallest absolute Gasteiger partial charge is 0.386 e. The first-order valence-electron chi connectivity index (χ1n) is 13.7. The highest BCUT2D eigenvalue weighted by Gasteiger charge is 2.55. The van der Waals surface area contributed by atoms with Crippen LogP contribution in [0.25, 0.3) is 0 Å². The standard InChI is InChI=1S/C28H44O6Si3/c1-7-19-29-27-25(31-27)21-35(3,4)33-37(23-15-11-9-12-16-23,24-17-13-10-14-18-24)34-36(5,6)22-26-28(32-26)30-20-8-2/h9-18,25-28H,7-8,19-22H2,1-6H3. The first kappa shape index (κ1) is 28.8. The van der Waals surface area contributed by atoms with Gasteiger partial charge in [-0.1, -0.05) is 74.5 Å². The molecule has 2 heterocycles. The Labute approximate surface area is 226 Å². The Hall–Kier alpha value is -1.15. The van der Waals surface area contributed by atoms with E-state index in [1.54, 1.807) is 0 Å². The largest absolute Gasteiger partial charge is 0.430 e. The highest BCUT2D eigenvalue weighted by molar-refractivity contribution is 7.02. The van der Waals surface area contributed by atoms with Gasteiger partial charge in [-0.05, 0) is 61.5 Å². The third-order valence-electron chi connectivity index (χ3n) is 6.58. The minimum atomic E-state index is -3.06. The molecule has 0 N–H and O–H groups in total. The van der Waals surface area contributed by atoms with Gasteiger partial charge in [0.05, 0.1) is 0 Å². The van der Waals surface area contributed by atoms with Crippen molar-refractivity contribution in [1.82, 2.24) is 0 Å². The van der Waals surface area contributed by atoms with Crippen LogP contribution in [0.1, 0.15) is 26.7 Å². The molecule has 0 aliphatic carbocycles. The lowest BCUT2D eigenvalue weighted by Gasteiger charge is -2.43. The Balaban J connectivity index is 1.61. The second-order valence-corrected chi connectivity index (χ2v) is 23.2. The second-order valence-electron chi connectivity index (χ2n) is 11.3. The van der Waals surface area contributed by atoms with Crippen molar-refractivity contribution in [3.05, 3.63) is 60.7 Å². The Kier molecular flexibility index (Phi) is 9.63. The molecule has 37 heavy (non-hydrogen) atoms. The molecule has 4 unspecified atom stereocenters. The molecule has 2 saturated heterocycles. The van der Waals surface area contributed by atoms with Crippen molar-refractivity contribution in [3.63, 3.8) is 0 Å². The zero-order valence-corrected chi connectivity index (χ0v) is 26.3. The van der Waals surface area contributed by atoms with Gasteiger partial charge in [0.1, 0.15) is 12.2 Å². The number of benzene rings is 2. The van der Waals surface area contributed by atoms with Crippen LogP contribution < -0.4 is 10.4 Å². The first-order chi connectivity index (χ1) is 17.7. The topological polar surface area (TPSA) is 62.0 Å². The predicted octanol–water partition coefficient (Wildman–Crippen LogP) is 4.99. The van der Waals surface area contributed by atoms with Crippen molar-refractivity contribution < 1.29 is 27.2 Å². The van der Waals surface area contributed by atoms with Gasteiger partial charge in [0.25, 0.3) is 0 Å². The van der Waals surface area contributed by atoms with Gasteiger partial charge in [-0.3, -0.25) is 0 Å². The van der Waals surface area contributed by atoms with Crippen LogP contribution in [0.2, 0.25) is 38.3 Å². The van der Waals surface area contributed by atoms with E-state index in [0.717, 1.165) is 48.5 Å². The van der Waals surface area contributed by atoms with Crippen molar-refractivity contribution in [3.8, 4) is 0 Å². The summed E-state index contributed by atoms with van der Waals surface area (Å²) in [4.78, 5) is 0. The van der Waals surface area contributed by atoms with Gasteiger partial charge >= 0.3 is 8.56 Å². The molecule has 0 amide bonds. The van der Waals surface area contributed by atoms with Crippen LogP contribution in [0.5, 0.6) is 0 Å². The fourth-order valence-electron chi connectivity index (χ4n) is 4.87. The maximum Gasteiger partial charge on any atom is 0.386 e. The fourth-order valence-corrected chi connectivity index (χ4v) is 18.3. The Morgan fingerprint density at radius 3 is 1.35 bits per heavy atom. The van der Waals surface area contributed by atoms with Gasteiger partial charge in [-0.2, -0.15) is 0 Å². The van der Waals surface area contributed by atoms with E-state index in [4.69, 9.17) is 27.2 Å². The summed E-state index contributed by atoms with van der Waals surface area (Å²) in [5, 5.41) is 2.29. The summed E-state index contributed by atoms with van der Waals surface area (Å²) in [5.74, 6) is 0. The van der Waals surface area contributed by atoms with Crippen LogP contribution in [-0.4, -0.2) is 63.2 Å². The lowest BCUT2D eigenvalue weighted by molar-refractivity contribution is 0.0505. The molecule has 204 valence electrons. The Bertz CT molecular complexity index is 895. The highest BCUT2D eigenvalue weighted by atomic mass is 28.5. The van der Waals surface area contributed by atoms with E-state index in [-0.39, 0.29) is 24.8 Å². The number of rotatable bonds is 16. The number of epoxide rings is 2. The highest BCUT2D eigenvalue weighted by Crippen LogP contribution is 2.36. The summed E-state index contributed by atoms with van der Waals surface area (Å²) in [6.45, 7) is 14.8. The molecule has 0 spiro atoms. The fraction of sp³-hybridized carbons (Fsp3) is 0.571. The Morgan fingerprint density at radius 2 is 1.00 bits per heavy atom. The molecule has 6 nitrogen and oxygen atoms in total. The Morgan fingerprint density at radius 1 is 0.622 bits per heavy atom. The zero-order chi connectivity index (χ0) is 26.5. The van der Waals surface area contributed by atoms with Crippen LogP contribution in [0.3, 0.4) is 0 Å². The summed E-state index contributed by atoms with van der Waals surface area (Å²) in [6, 6.07) is 22.9. The predicted molar refractivity (Wildman–Crippen MR) is 154 cm³/mol. The summed E-state index contributed by atoms with van der Waals surface area (Å²) in [7, 11) is -7.55. The van der Waals surface area contributed by atoms with Gasteiger partial charge < -0.3 is 27.2 Å². The van der Waals surface area contributed by atoms with Crippen molar-refractivity contribution >= 4 is 35.6 Å². The molecule has 2 aromatic carbocycles. The van der Waals surface area contributed by atoms with Gasteiger partial charge in [0.2, 0.25) is 0 Å². The maximum absolute atomic E-state index is 7.41. The average Bonchev–Trinajstić information content (AvgIpc) is 3.79. The van der Waals surface area contributed by atoms with E-state index < -0.39 is 25.2 Å². The first-order valence-corrected chi connectivity index (χ1v) is 21.8. The van der Waals surface area contributed by atoms with Crippen molar-refractivity contribution in [1.29, 1.82) is 0 Å². The summed E-state index contributed by atoms with van der Waals surface area (Å²) in [5.41, 5.74) is 0. The molecule has 9 heteroatoms. The molecule has 2 aliphatic rings.